The van der Waals surface area contributed by atoms with Crippen LogP contribution in [-0.2, 0) is 11.8 Å². The van der Waals surface area contributed by atoms with Crippen molar-refractivity contribution in [2.45, 2.75) is 25.0 Å². The minimum absolute atomic E-state index is 0.133. The van der Waals surface area contributed by atoms with Gasteiger partial charge in [0.1, 0.15) is 17.6 Å². The van der Waals surface area contributed by atoms with Crippen LogP contribution in [0.1, 0.15) is 28.8 Å². The lowest BCUT2D eigenvalue weighted by molar-refractivity contribution is -0.119. The number of nitrogens with one attached hydrogen (secondary N) is 1. The van der Waals surface area contributed by atoms with Crippen LogP contribution < -0.4 is 10.1 Å². The Bertz CT molecular complexity index is 952. The van der Waals surface area contributed by atoms with E-state index in [4.69, 9.17) is 4.74 Å². The lowest BCUT2D eigenvalue weighted by Gasteiger charge is -2.21. The molecular weight excluding hydrogens is 374 g/mol. The molecule has 0 spiro atoms. The molecular formula is C20H23N5O2S. The van der Waals surface area contributed by atoms with Crippen LogP contribution in [0, 0.1) is 13.8 Å². The molecule has 0 fully saturated rings. The second-order valence-corrected chi connectivity index (χ2v) is 7.30. The summed E-state index contributed by atoms with van der Waals surface area (Å²) < 4.78 is 7.37. The van der Waals surface area contributed by atoms with Crippen molar-refractivity contribution in [3.63, 3.8) is 0 Å². The van der Waals surface area contributed by atoms with Gasteiger partial charge in [-0.25, -0.2) is 15.0 Å². The van der Waals surface area contributed by atoms with E-state index in [-0.39, 0.29) is 11.7 Å². The van der Waals surface area contributed by atoms with Crippen molar-refractivity contribution in [3.05, 3.63) is 65.5 Å². The van der Waals surface area contributed by atoms with Gasteiger partial charge in [0.15, 0.2) is 5.16 Å². The van der Waals surface area contributed by atoms with Crippen molar-refractivity contribution in [1.82, 2.24) is 24.8 Å². The van der Waals surface area contributed by atoms with Crippen LogP contribution in [0.2, 0.25) is 0 Å². The number of ether oxygens (including phenoxy) is 1. The monoisotopic (exact) mass is 397 g/mol. The van der Waals surface area contributed by atoms with Gasteiger partial charge in [-0.05, 0) is 26.0 Å². The first-order valence-electron chi connectivity index (χ1n) is 8.82. The minimum Gasteiger partial charge on any atom is -0.496 e. The first-order valence-corrected chi connectivity index (χ1v) is 9.81. The molecule has 0 aliphatic rings. The molecule has 0 saturated carbocycles. The van der Waals surface area contributed by atoms with E-state index in [0.717, 1.165) is 22.8 Å². The summed E-state index contributed by atoms with van der Waals surface area (Å²) in [5.74, 6) is 1.50. The highest BCUT2D eigenvalue weighted by atomic mass is 32.2. The van der Waals surface area contributed by atoms with E-state index in [1.54, 1.807) is 13.3 Å². The second kappa shape index (κ2) is 8.88. The van der Waals surface area contributed by atoms with E-state index < -0.39 is 6.04 Å². The molecule has 0 aliphatic heterocycles. The van der Waals surface area contributed by atoms with Crippen molar-refractivity contribution >= 4 is 17.7 Å². The quantitative estimate of drug-likeness (QED) is 0.488. The molecule has 1 atom stereocenters. The van der Waals surface area contributed by atoms with E-state index in [0.29, 0.717) is 10.9 Å². The number of amides is 1. The number of rotatable bonds is 7. The van der Waals surface area contributed by atoms with Crippen molar-refractivity contribution in [2.24, 2.45) is 7.05 Å². The molecule has 1 N–H and O–H groups in total. The number of benzene rings is 1. The van der Waals surface area contributed by atoms with Gasteiger partial charge in [0, 0.05) is 36.4 Å². The average Bonchev–Trinajstić information content (AvgIpc) is 3.09. The van der Waals surface area contributed by atoms with Crippen LogP contribution in [0.4, 0.5) is 0 Å². The summed E-state index contributed by atoms with van der Waals surface area (Å²) in [5, 5.41) is 3.67. The van der Waals surface area contributed by atoms with E-state index >= 15 is 0 Å². The predicted molar refractivity (Wildman–Crippen MR) is 108 cm³/mol. The number of thioether (sulfide) groups is 1. The third-order valence-electron chi connectivity index (χ3n) is 4.17. The van der Waals surface area contributed by atoms with Crippen LogP contribution in [-0.4, -0.2) is 38.3 Å². The van der Waals surface area contributed by atoms with E-state index in [1.807, 2.05) is 62.0 Å². The Kier molecular flexibility index (Phi) is 6.30. The molecule has 1 aromatic carbocycles. The van der Waals surface area contributed by atoms with Gasteiger partial charge < -0.3 is 14.6 Å². The van der Waals surface area contributed by atoms with Gasteiger partial charge in [0.2, 0.25) is 5.91 Å². The third kappa shape index (κ3) is 4.69. The number of methoxy groups -OCH3 is 1. The maximum Gasteiger partial charge on any atom is 0.231 e. The van der Waals surface area contributed by atoms with E-state index in [2.05, 4.69) is 20.3 Å². The highest BCUT2D eigenvalue weighted by Gasteiger charge is 2.24. The van der Waals surface area contributed by atoms with Gasteiger partial charge in [0.25, 0.3) is 0 Å². The van der Waals surface area contributed by atoms with Crippen LogP contribution in [0.5, 0.6) is 5.75 Å². The van der Waals surface area contributed by atoms with Gasteiger partial charge in [-0.2, -0.15) is 0 Å². The first-order chi connectivity index (χ1) is 13.5. The highest BCUT2D eigenvalue weighted by Crippen LogP contribution is 2.29. The molecule has 8 heteroatoms. The summed E-state index contributed by atoms with van der Waals surface area (Å²) in [6.07, 6.45) is 3.56. The van der Waals surface area contributed by atoms with Crippen molar-refractivity contribution in [1.29, 1.82) is 0 Å². The molecule has 0 aliphatic carbocycles. The number of carbonyl (C=O) groups is 1. The zero-order valence-electron chi connectivity index (χ0n) is 16.3. The molecule has 0 saturated heterocycles. The molecule has 2 aromatic heterocycles. The normalized spacial score (nSPS) is 11.9. The Labute approximate surface area is 168 Å². The number of aromatic nitrogens is 4. The molecule has 3 rings (SSSR count). The van der Waals surface area contributed by atoms with Gasteiger partial charge in [-0.15, -0.1) is 0 Å². The summed E-state index contributed by atoms with van der Waals surface area (Å²) in [6, 6.07) is 9.09. The second-order valence-electron chi connectivity index (χ2n) is 6.36. The Hall–Kier alpha value is -2.87. The Morgan fingerprint density at radius 1 is 1.25 bits per heavy atom. The number of nitrogens with zero attached hydrogens (tertiary/aromatic N) is 4. The van der Waals surface area contributed by atoms with Gasteiger partial charge >= 0.3 is 0 Å². The Balaban J connectivity index is 1.79. The topological polar surface area (TPSA) is 81.9 Å². The number of carbonyl (C=O) groups excluding carboxylic acids is 1. The molecule has 1 amide bonds. The molecule has 3 aromatic rings. The van der Waals surface area contributed by atoms with Crippen molar-refractivity contribution in [2.75, 3.05) is 12.9 Å². The SMILES string of the molecule is COc1ccccc1C(NC(=O)CSc1nc(C)cc(C)n1)c1nccn1C. The van der Waals surface area contributed by atoms with E-state index in [9.17, 15) is 4.79 Å². The van der Waals surface area contributed by atoms with Crippen LogP contribution in [0.3, 0.4) is 0 Å². The van der Waals surface area contributed by atoms with Crippen LogP contribution in [0.25, 0.3) is 0 Å². The first kappa shape index (κ1) is 19.9. The maximum atomic E-state index is 12.7. The fourth-order valence-corrected chi connectivity index (χ4v) is 3.69. The van der Waals surface area contributed by atoms with Crippen molar-refractivity contribution in [3.8, 4) is 5.75 Å². The molecule has 28 heavy (non-hydrogen) atoms. The van der Waals surface area contributed by atoms with Gasteiger partial charge in [0.05, 0.1) is 12.9 Å². The Morgan fingerprint density at radius 3 is 2.61 bits per heavy atom. The molecule has 1 unspecified atom stereocenters. The molecule has 0 radical (unpaired) electrons. The zero-order valence-corrected chi connectivity index (χ0v) is 17.2. The number of para-hydroxylation sites is 1. The van der Waals surface area contributed by atoms with Crippen LogP contribution >= 0.6 is 11.8 Å². The summed E-state index contributed by atoms with van der Waals surface area (Å²) in [6.45, 7) is 3.83. The number of hydrogen-bond acceptors (Lipinski definition) is 6. The van der Waals surface area contributed by atoms with E-state index in [1.165, 1.54) is 11.8 Å². The number of aryl methyl sites for hydroxylation is 3. The lowest BCUT2D eigenvalue weighted by Crippen LogP contribution is -2.32. The highest BCUT2D eigenvalue weighted by molar-refractivity contribution is 7.99. The minimum atomic E-state index is -0.426. The fourth-order valence-electron chi connectivity index (χ4n) is 2.93. The number of hydrogen-bond donors (Lipinski definition) is 1. The summed E-state index contributed by atoms with van der Waals surface area (Å²) in [5.41, 5.74) is 2.62. The Morgan fingerprint density at radius 2 is 1.96 bits per heavy atom. The largest absolute Gasteiger partial charge is 0.496 e. The van der Waals surface area contributed by atoms with Gasteiger partial charge in [-0.3, -0.25) is 4.79 Å². The fraction of sp³-hybridized carbons (Fsp3) is 0.300. The zero-order chi connectivity index (χ0) is 20.1. The molecule has 0 bridgehead atoms. The average molecular weight is 398 g/mol. The smallest absolute Gasteiger partial charge is 0.231 e. The lowest BCUT2D eigenvalue weighted by atomic mass is 10.0. The van der Waals surface area contributed by atoms with Gasteiger partial charge in [-0.1, -0.05) is 30.0 Å². The standard InChI is InChI=1S/C20H23N5O2S/c1-13-11-14(2)23-20(22-13)28-12-17(26)24-18(19-21-9-10-25(19)3)15-7-5-6-8-16(15)27-4/h5-11,18H,12H2,1-4H3,(H,24,26). The third-order valence-corrected chi connectivity index (χ3v) is 5.01. The molecule has 146 valence electrons. The summed E-state index contributed by atoms with van der Waals surface area (Å²) in [7, 11) is 3.51. The summed E-state index contributed by atoms with van der Waals surface area (Å²) >= 11 is 1.31. The predicted octanol–water partition coefficient (Wildman–Crippen LogP) is 2.83. The van der Waals surface area contributed by atoms with Crippen LogP contribution in [0.15, 0.2) is 47.9 Å². The summed E-state index contributed by atoms with van der Waals surface area (Å²) in [4.78, 5) is 25.9. The van der Waals surface area contributed by atoms with Crippen molar-refractivity contribution < 1.29 is 9.53 Å². The maximum absolute atomic E-state index is 12.7. The number of imidazole rings is 1. The molecule has 2 heterocycles. The molecule has 7 nitrogen and oxygen atoms in total.